The number of halogens is 1. The van der Waals surface area contributed by atoms with Gasteiger partial charge in [-0.05, 0) is 67.3 Å². The van der Waals surface area contributed by atoms with Crippen molar-refractivity contribution in [1.82, 2.24) is 0 Å². The van der Waals surface area contributed by atoms with Gasteiger partial charge in [-0.2, -0.15) is 0 Å². The molecule has 2 heteroatoms. The first-order chi connectivity index (χ1) is 10.1. The van der Waals surface area contributed by atoms with Gasteiger partial charge in [0.2, 0.25) is 0 Å². The Morgan fingerprint density at radius 3 is 2.38 bits per heavy atom. The number of aliphatic hydroxyl groups is 1. The SMILES string of the molecule is Cc1ccc(F)cc1C1(O)CCC(c2ccccc2)CC1. The molecular formula is C19H21FO. The predicted octanol–water partition coefficient (Wildman–Crippen LogP) is 4.68. The van der Waals surface area contributed by atoms with Crippen molar-refractivity contribution in [2.75, 3.05) is 0 Å². The topological polar surface area (TPSA) is 20.2 Å². The first-order valence-electron chi connectivity index (χ1n) is 7.62. The molecule has 1 aliphatic rings. The van der Waals surface area contributed by atoms with E-state index in [0.29, 0.717) is 18.8 Å². The summed E-state index contributed by atoms with van der Waals surface area (Å²) in [5.41, 5.74) is 2.19. The van der Waals surface area contributed by atoms with Crippen LogP contribution in [-0.2, 0) is 5.60 Å². The van der Waals surface area contributed by atoms with Crippen LogP contribution < -0.4 is 0 Å². The van der Waals surface area contributed by atoms with Gasteiger partial charge in [-0.15, -0.1) is 0 Å². The molecule has 0 atom stereocenters. The van der Waals surface area contributed by atoms with Gasteiger partial charge < -0.3 is 5.11 Å². The molecular weight excluding hydrogens is 263 g/mol. The summed E-state index contributed by atoms with van der Waals surface area (Å²) in [4.78, 5) is 0. The van der Waals surface area contributed by atoms with Gasteiger partial charge in [0, 0.05) is 0 Å². The Bertz CT molecular complexity index is 613. The van der Waals surface area contributed by atoms with E-state index in [1.54, 1.807) is 6.07 Å². The lowest BCUT2D eigenvalue weighted by Gasteiger charge is -2.37. The molecule has 1 saturated carbocycles. The fraction of sp³-hybridized carbons (Fsp3) is 0.368. The Hall–Kier alpha value is -1.67. The molecule has 0 unspecified atom stereocenters. The van der Waals surface area contributed by atoms with Crippen LogP contribution in [0.2, 0.25) is 0 Å². The summed E-state index contributed by atoms with van der Waals surface area (Å²) < 4.78 is 13.5. The third kappa shape index (κ3) is 2.86. The van der Waals surface area contributed by atoms with Gasteiger partial charge in [-0.1, -0.05) is 36.4 Å². The zero-order chi connectivity index (χ0) is 14.9. The minimum Gasteiger partial charge on any atom is -0.385 e. The molecule has 0 saturated heterocycles. The van der Waals surface area contributed by atoms with Gasteiger partial charge >= 0.3 is 0 Å². The Kier molecular flexibility index (Phi) is 3.81. The van der Waals surface area contributed by atoms with Crippen molar-refractivity contribution in [3.63, 3.8) is 0 Å². The van der Waals surface area contributed by atoms with Crippen molar-refractivity contribution >= 4 is 0 Å². The molecule has 0 aromatic heterocycles. The predicted molar refractivity (Wildman–Crippen MR) is 82.7 cm³/mol. The van der Waals surface area contributed by atoms with E-state index in [1.807, 2.05) is 13.0 Å². The van der Waals surface area contributed by atoms with Crippen LogP contribution in [0.4, 0.5) is 4.39 Å². The first-order valence-corrected chi connectivity index (χ1v) is 7.62. The van der Waals surface area contributed by atoms with Crippen LogP contribution in [0.25, 0.3) is 0 Å². The molecule has 0 radical (unpaired) electrons. The van der Waals surface area contributed by atoms with E-state index in [9.17, 15) is 9.50 Å². The summed E-state index contributed by atoms with van der Waals surface area (Å²) in [5.74, 6) is 0.231. The maximum Gasteiger partial charge on any atom is 0.123 e. The summed E-state index contributed by atoms with van der Waals surface area (Å²) >= 11 is 0. The molecule has 0 bridgehead atoms. The van der Waals surface area contributed by atoms with E-state index in [4.69, 9.17) is 0 Å². The lowest BCUT2D eigenvalue weighted by Crippen LogP contribution is -2.31. The maximum absolute atomic E-state index is 13.5. The van der Waals surface area contributed by atoms with E-state index in [2.05, 4.69) is 24.3 Å². The van der Waals surface area contributed by atoms with E-state index < -0.39 is 5.60 Å². The Labute approximate surface area is 125 Å². The fourth-order valence-corrected chi connectivity index (χ4v) is 3.52. The largest absolute Gasteiger partial charge is 0.385 e. The van der Waals surface area contributed by atoms with Crippen LogP contribution >= 0.6 is 0 Å². The van der Waals surface area contributed by atoms with Crippen molar-refractivity contribution in [2.24, 2.45) is 0 Å². The molecule has 0 heterocycles. The minimum absolute atomic E-state index is 0.269. The molecule has 2 aromatic rings. The van der Waals surface area contributed by atoms with Crippen molar-refractivity contribution in [1.29, 1.82) is 0 Å². The standard InChI is InChI=1S/C19H21FO/c1-14-7-8-17(20)13-18(14)19(21)11-9-16(10-12-19)15-5-3-2-4-6-15/h2-8,13,16,21H,9-12H2,1H3. The van der Waals surface area contributed by atoms with Crippen molar-refractivity contribution < 1.29 is 9.50 Å². The molecule has 1 N–H and O–H groups in total. The molecule has 21 heavy (non-hydrogen) atoms. The van der Waals surface area contributed by atoms with Gasteiger partial charge in [0.25, 0.3) is 0 Å². The zero-order valence-corrected chi connectivity index (χ0v) is 12.3. The van der Waals surface area contributed by atoms with Crippen LogP contribution in [0.1, 0.15) is 48.3 Å². The molecule has 110 valence electrons. The Morgan fingerprint density at radius 2 is 1.71 bits per heavy atom. The van der Waals surface area contributed by atoms with Crippen molar-refractivity contribution in [2.45, 2.75) is 44.1 Å². The zero-order valence-electron chi connectivity index (χ0n) is 12.3. The summed E-state index contributed by atoms with van der Waals surface area (Å²) in [7, 11) is 0. The number of rotatable bonds is 2. The highest BCUT2D eigenvalue weighted by atomic mass is 19.1. The van der Waals surface area contributed by atoms with Crippen LogP contribution in [0.15, 0.2) is 48.5 Å². The van der Waals surface area contributed by atoms with E-state index in [1.165, 1.54) is 17.7 Å². The third-order valence-electron chi connectivity index (χ3n) is 4.78. The lowest BCUT2D eigenvalue weighted by molar-refractivity contribution is -0.00645. The van der Waals surface area contributed by atoms with E-state index in [-0.39, 0.29) is 5.82 Å². The van der Waals surface area contributed by atoms with E-state index >= 15 is 0 Å². The monoisotopic (exact) mass is 284 g/mol. The molecule has 1 fully saturated rings. The summed E-state index contributed by atoms with van der Waals surface area (Å²) in [6.07, 6.45) is 3.26. The van der Waals surface area contributed by atoms with Crippen LogP contribution in [0.5, 0.6) is 0 Å². The molecule has 2 aromatic carbocycles. The molecule has 1 nitrogen and oxygen atoms in total. The van der Waals surface area contributed by atoms with Gasteiger partial charge in [-0.3, -0.25) is 0 Å². The Morgan fingerprint density at radius 1 is 1.05 bits per heavy atom. The highest BCUT2D eigenvalue weighted by Gasteiger charge is 2.36. The number of benzene rings is 2. The van der Waals surface area contributed by atoms with Crippen LogP contribution in [0, 0.1) is 12.7 Å². The smallest absolute Gasteiger partial charge is 0.123 e. The second-order valence-electron chi connectivity index (χ2n) is 6.18. The van der Waals surface area contributed by atoms with Crippen LogP contribution in [0.3, 0.4) is 0 Å². The average Bonchev–Trinajstić information content (AvgIpc) is 2.51. The summed E-state index contributed by atoms with van der Waals surface area (Å²) in [5, 5.41) is 10.9. The molecule has 0 spiro atoms. The second-order valence-corrected chi connectivity index (χ2v) is 6.18. The lowest BCUT2D eigenvalue weighted by atomic mass is 9.72. The Balaban J connectivity index is 1.79. The fourth-order valence-electron chi connectivity index (χ4n) is 3.52. The number of aryl methyl sites for hydroxylation is 1. The van der Waals surface area contributed by atoms with Gasteiger partial charge in [0.1, 0.15) is 5.82 Å². The third-order valence-corrected chi connectivity index (χ3v) is 4.78. The highest BCUT2D eigenvalue weighted by molar-refractivity contribution is 5.33. The van der Waals surface area contributed by atoms with Gasteiger partial charge in [-0.25, -0.2) is 4.39 Å². The van der Waals surface area contributed by atoms with Crippen LogP contribution in [-0.4, -0.2) is 5.11 Å². The van der Waals surface area contributed by atoms with Gasteiger partial charge in [0.05, 0.1) is 5.60 Å². The summed E-state index contributed by atoms with van der Waals surface area (Å²) in [6.45, 7) is 1.94. The van der Waals surface area contributed by atoms with Crippen molar-refractivity contribution in [3.8, 4) is 0 Å². The normalized spacial score (nSPS) is 25.8. The molecule has 3 rings (SSSR count). The maximum atomic E-state index is 13.5. The minimum atomic E-state index is -0.878. The second kappa shape index (κ2) is 5.61. The van der Waals surface area contributed by atoms with Crippen molar-refractivity contribution in [3.05, 3.63) is 71.0 Å². The number of hydrogen-bond acceptors (Lipinski definition) is 1. The summed E-state index contributed by atoms with van der Waals surface area (Å²) in [6, 6.07) is 15.2. The quantitative estimate of drug-likeness (QED) is 0.849. The average molecular weight is 284 g/mol. The molecule has 0 amide bonds. The molecule has 1 aliphatic carbocycles. The number of hydrogen-bond donors (Lipinski definition) is 1. The van der Waals surface area contributed by atoms with E-state index in [0.717, 1.165) is 24.0 Å². The first kappa shape index (κ1) is 14.3. The molecule has 0 aliphatic heterocycles. The highest BCUT2D eigenvalue weighted by Crippen LogP contribution is 2.44. The van der Waals surface area contributed by atoms with Gasteiger partial charge in [0.15, 0.2) is 0 Å².